The standard InChI is InChI=1S/C12H19ClN2O2/c1-8-3-12(17-2)11(13)4-9(8)5-15-6-10(14)7-16/h3-4,10,15-16H,5-7,14H2,1-2H3. The third kappa shape index (κ3) is 4.16. The number of ether oxygens (including phenoxy) is 1. The number of benzene rings is 1. The number of aliphatic hydroxyl groups excluding tert-OH is 1. The molecule has 0 saturated carbocycles. The van der Waals surface area contributed by atoms with Crippen molar-refractivity contribution in [3.05, 3.63) is 28.3 Å². The molecule has 0 fully saturated rings. The summed E-state index contributed by atoms with van der Waals surface area (Å²) in [5.74, 6) is 0.681. The van der Waals surface area contributed by atoms with Crippen molar-refractivity contribution in [3.63, 3.8) is 0 Å². The van der Waals surface area contributed by atoms with Gasteiger partial charge in [-0.3, -0.25) is 0 Å². The van der Waals surface area contributed by atoms with Crippen LogP contribution in [-0.2, 0) is 6.54 Å². The molecule has 0 bridgehead atoms. The summed E-state index contributed by atoms with van der Waals surface area (Å²) in [6.45, 7) is 3.22. The Hall–Kier alpha value is -0.810. The van der Waals surface area contributed by atoms with Gasteiger partial charge in [-0.2, -0.15) is 0 Å². The molecule has 17 heavy (non-hydrogen) atoms. The van der Waals surface area contributed by atoms with Crippen molar-refractivity contribution in [1.29, 1.82) is 0 Å². The fourth-order valence-electron chi connectivity index (χ4n) is 1.50. The normalized spacial score (nSPS) is 12.5. The van der Waals surface area contributed by atoms with Crippen LogP contribution in [0.5, 0.6) is 5.75 Å². The first-order valence-corrected chi connectivity index (χ1v) is 5.86. The Balaban J connectivity index is 2.62. The van der Waals surface area contributed by atoms with E-state index in [2.05, 4.69) is 5.32 Å². The summed E-state index contributed by atoms with van der Waals surface area (Å²) < 4.78 is 5.14. The van der Waals surface area contributed by atoms with Crippen LogP contribution in [0.2, 0.25) is 5.02 Å². The predicted octanol–water partition coefficient (Wildman–Crippen LogP) is 1.07. The van der Waals surface area contributed by atoms with Crippen molar-refractivity contribution in [3.8, 4) is 5.75 Å². The highest BCUT2D eigenvalue weighted by Crippen LogP contribution is 2.27. The smallest absolute Gasteiger partial charge is 0.137 e. The van der Waals surface area contributed by atoms with Crippen molar-refractivity contribution in [2.75, 3.05) is 20.3 Å². The molecular weight excluding hydrogens is 240 g/mol. The number of aryl methyl sites for hydroxylation is 1. The van der Waals surface area contributed by atoms with E-state index < -0.39 is 0 Å². The van der Waals surface area contributed by atoms with Crippen LogP contribution in [0.4, 0.5) is 0 Å². The maximum absolute atomic E-state index is 8.80. The lowest BCUT2D eigenvalue weighted by Crippen LogP contribution is -2.36. The van der Waals surface area contributed by atoms with Gasteiger partial charge in [-0.05, 0) is 30.2 Å². The monoisotopic (exact) mass is 258 g/mol. The molecule has 0 amide bonds. The lowest BCUT2D eigenvalue weighted by atomic mass is 10.1. The highest BCUT2D eigenvalue weighted by atomic mass is 35.5. The molecule has 1 rings (SSSR count). The summed E-state index contributed by atoms with van der Waals surface area (Å²) in [6.07, 6.45) is 0. The van der Waals surface area contributed by atoms with E-state index in [1.165, 1.54) is 0 Å². The average Bonchev–Trinajstić information content (AvgIpc) is 2.32. The molecule has 4 nitrogen and oxygen atoms in total. The van der Waals surface area contributed by atoms with Crippen molar-refractivity contribution in [1.82, 2.24) is 5.32 Å². The van der Waals surface area contributed by atoms with Gasteiger partial charge in [0.2, 0.25) is 0 Å². The van der Waals surface area contributed by atoms with Crippen LogP contribution in [0.15, 0.2) is 12.1 Å². The van der Waals surface area contributed by atoms with E-state index in [1.807, 2.05) is 19.1 Å². The molecular formula is C12H19ClN2O2. The number of methoxy groups -OCH3 is 1. The maximum Gasteiger partial charge on any atom is 0.137 e. The molecule has 0 aliphatic carbocycles. The Morgan fingerprint density at radius 3 is 2.82 bits per heavy atom. The molecule has 0 radical (unpaired) electrons. The minimum Gasteiger partial charge on any atom is -0.495 e. The van der Waals surface area contributed by atoms with E-state index >= 15 is 0 Å². The molecule has 1 aromatic carbocycles. The quantitative estimate of drug-likeness (QED) is 0.714. The molecule has 0 spiro atoms. The first-order valence-electron chi connectivity index (χ1n) is 5.48. The minimum atomic E-state index is -0.232. The third-order valence-corrected chi connectivity index (χ3v) is 2.86. The van der Waals surface area contributed by atoms with Gasteiger partial charge in [0.1, 0.15) is 5.75 Å². The zero-order valence-corrected chi connectivity index (χ0v) is 10.9. The van der Waals surface area contributed by atoms with Crippen molar-refractivity contribution < 1.29 is 9.84 Å². The van der Waals surface area contributed by atoms with E-state index in [1.54, 1.807) is 7.11 Å². The number of rotatable bonds is 6. The number of hydrogen-bond acceptors (Lipinski definition) is 4. The first kappa shape index (κ1) is 14.3. The summed E-state index contributed by atoms with van der Waals surface area (Å²) in [5, 5.41) is 12.6. The second kappa shape index (κ2) is 6.81. The Morgan fingerprint density at radius 2 is 2.24 bits per heavy atom. The third-order valence-electron chi connectivity index (χ3n) is 2.57. The fraction of sp³-hybridized carbons (Fsp3) is 0.500. The van der Waals surface area contributed by atoms with Gasteiger partial charge < -0.3 is 20.9 Å². The Morgan fingerprint density at radius 1 is 1.53 bits per heavy atom. The van der Waals surface area contributed by atoms with E-state index in [-0.39, 0.29) is 12.6 Å². The van der Waals surface area contributed by atoms with E-state index in [9.17, 15) is 0 Å². The number of halogens is 1. The SMILES string of the molecule is COc1cc(C)c(CNCC(N)CO)cc1Cl. The zero-order valence-electron chi connectivity index (χ0n) is 10.2. The van der Waals surface area contributed by atoms with Gasteiger partial charge in [-0.15, -0.1) is 0 Å². The van der Waals surface area contributed by atoms with Crippen LogP contribution in [0.25, 0.3) is 0 Å². The summed E-state index contributed by atoms with van der Waals surface area (Å²) >= 11 is 6.05. The Bertz CT molecular complexity index is 372. The predicted molar refractivity (Wildman–Crippen MR) is 69.5 cm³/mol. The number of hydrogen-bond donors (Lipinski definition) is 3. The van der Waals surface area contributed by atoms with Crippen molar-refractivity contribution >= 4 is 11.6 Å². The van der Waals surface area contributed by atoms with E-state index in [0.29, 0.717) is 23.9 Å². The molecule has 0 aromatic heterocycles. The largest absolute Gasteiger partial charge is 0.495 e. The zero-order chi connectivity index (χ0) is 12.8. The van der Waals surface area contributed by atoms with Crippen LogP contribution in [-0.4, -0.2) is 31.4 Å². The second-order valence-electron chi connectivity index (χ2n) is 3.99. The van der Waals surface area contributed by atoms with Gasteiger partial charge in [-0.25, -0.2) is 0 Å². The molecule has 0 saturated heterocycles. The number of nitrogens with one attached hydrogen (secondary N) is 1. The van der Waals surface area contributed by atoms with Crippen LogP contribution in [0, 0.1) is 6.92 Å². The van der Waals surface area contributed by atoms with Crippen LogP contribution >= 0.6 is 11.6 Å². The van der Waals surface area contributed by atoms with Crippen LogP contribution in [0.1, 0.15) is 11.1 Å². The van der Waals surface area contributed by atoms with Crippen molar-refractivity contribution in [2.24, 2.45) is 5.73 Å². The van der Waals surface area contributed by atoms with Gasteiger partial charge >= 0.3 is 0 Å². The summed E-state index contributed by atoms with van der Waals surface area (Å²) in [5.41, 5.74) is 7.80. The Kier molecular flexibility index (Phi) is 5.71. The highest BCUT2D eigenvalue weighted by Gasteiger charge is 2.06. The van der Waals surface area contributed by atoms with Crippen molar-refractivity contribution in [2.45, 2.75) is 19.5 Å². The topological polar surface area (TPSA) is 67.5 Å². The van der Waals surface area contributed by atoms with Crippen LogP contribution in [0.3, 0.4) is 0 Å². The molecule has 0 aliphatic heterocycles. The summed E-state index contributed by atoms with van der Waals surface area (Å²) in [4.78, 5) is 0. The van der Waals surface area contributed by atoms with Gasteiger partial charge in [0.15, 0.2) is 0 Å². The molecule has 0 heterocycles. The Labute approximate surface area is 107 Å². The van der Waals surface area contributed by atoms with E-state index in [4.69, 9.17) is 27.2 Å². The maximum atomic E-state index is 8.80. The lowest BCUT2D eigenvalue weighted by molar-refractivity contribution is 0.262. The minimum absolute atomic E-state index is 0.0185. The van der Waals surface area contributed by atoms with E-state index in [0.717, 1.165) is 11.1 Å². The highest BCUT2D eigenvalue weighted by molar-refractivity contribution is 6.32. The van der Waals surface area contributed by atoms with Gasteiger partial charge in [0.05, 0.1) is 18.7 Å². The second-order valence-corrected chi connectivity index (χ2v) is 4.39. The van der Waals surface area contributed by atoms with Gasteiger partial charge in [0, 0.05) is 19.1 Å². The lowest BCUT2D eigenvalue weighted by Gasteiger charge is -2.13. The number of aliphatic hydroxyl groups is 1. The molecule has 1 atom stereocenters. The first-order chi connectivity index (χ1) is 8.08. The molecule has 96 valence electrons. The number of nitrogens with two attached hydrogens (primary N) is 1. The summed E-state index contributed by atoms with van der Waals surface area (Å²) in [6, 6.07) is 3.56. The molecule has 4 N–H and O–H groups in total. The average molecular weight is 259 g/mol. The molecule has 5 heteroatoms. The van der Waals surface area contributed by atoms with Crippen LogP contribution < -0.4 is 15.8 Å². The van der Waals surface area contributed by atoms with Gasteiger partial charge in [-0.1, -0.05) is 11.6 Å². The molecule has 0 aliphatic rings. The fourth-order valence-corrected chi connectivity index (χ4v) is 1.76. The molecule has 1 unspecified atom stereocenters. The summed E-state index contributed by atoms with van der Waals surface area (Å²) in [7, 11) is 1.60. The molecule has 1 aromatic rings. The van der Waals surface area contributed by atoms with Gasteiger partial charge in [0.25, 0.3) is 0 Å².